The summed E-state index contributed by atoms with van der Waals surface area (Å²) in [7, 11) is 0. The Hall–Kier alpha value is -1.79. The van der Waals surface area contributed by atoms with Gasteiger partial charge in [-0.1, -0.05) is 48.0 Å². The number of nitrogens with one attached hydrogen (secondary N) is 1. The fourth-order valence-corrected chi connectivity index (χ4v) is 4.86. The number of rotatable bonds is 6. The summed E-state index contributed by atoms with van der Waals surface area (Å²) >= 11 is 7.66. The molecule has 1 saturated heterocycles. The van der Waals surface area contributed by atoms with Gasteiger partial charge in [0.15, 0.2) is 0 Å². The van der Waals surface area contributed by atoms with Gasteiger partial charge < -0.3 is 5.32 Å². The third-order valence-electron chi connectivity index (χ3n) is 5.14. The van der Waals surface area contributed by atoms with Gasteiger partial charge in [0.1, 0.15) is 10.8 Å². The summed E-state index contributed by atoms with van der Waals surface area (Å²) in [6.45, 7) is 3.92. The number of halogens is 2. The largest absolute Gasteiger partial charge is 0.308 e. The number of thiazole rings is 1. The van der Waals surface area contributed by atoms with E-state index in [2.05, 4.69) is 45.5 Å². The molecule has 146 valence electrons. The van der Waals surface area contributed by atoms with Crippen molar-refractivity contribution >= 4 is 22.9 Å². The van der Waals surface area contributed by atoms with Crippen molar-refractivity contribution in [1.29, 1.82) is 0 Å². The third-order valence-corrected chi connectivity index (χ3v) is 6.47. The predicted molar refractivity (Wildman–Crippen MR) is 114 cm³/mol. The molecule has 0 unspecified atom stereocenters. The van der Waals surface area contributed by atoms with Crippen molar-refractivity contribution in [2.75, 3.05) is 13.1 Å². The third kappa shape index (κ3) is 4.78. The Kier molecular flexibility index (Phi) is 6.37. The van der Waals surface area contributed by atoms with Gasteiger partial charge in [-0.05, 0) is 43.6 Å². The summed E-state index contributed by atoms with van der Waals surface area (Å²) in [5.41, 5.74) is 1.82. The van der Waals surface area contributed by atoms with Gasteiger partial charge in [0, 0.05) is 30.9 Å². The van der Waals surface area contributed by atoms with E-state index in [-0.39, 0.29) is 5.82 Å². The van der Waals surface area contributed by atoms with E-state index in [1.165, 1.54) is 23.0 Å². The molecule has 1 aliphatic heterocycles. The first kappa shape index (κ1) is 19.5. The van der Waals surface area contributed by atoms with E-state index in [4.69, 9.17) is 11.6 Å². The molecule has 2 heterocycles. The van der Waals surface area contributed by atoms with Crippen LogP contribution in [-0.4, -0.2) is 29.0 Å². The monoisotopic (exact) mass is 415 g/mol. The lowest BCUT2D eigenvalue weighted by molar-refractivity contribution is 0.190. The molecule has 1 aliphatic rings. The second kappa shape index (κ2) is 9.14. The molecule has 0 saturated carbocycles. The fraction of sp³-hybridized carbons (Fsp3) is 0.318. The number of benzene rings is 2. The second-order valence-electron chi connectivity index (χ2n) is 7.13. The Morgan fingerprint density at radius 2 is 1.89 bits per heavy atom. The number of aromatic nitrogens is 1. The van der Waals surface area contributed by atoms with Crippen LogP contribution in [0.25, 0.3) is 10.4 Å². The minimum Gasteiger partial charge on any atom is -0.308 e. The van der Waals surface area contributed by atoms with E-state index >= 15 is 0 Å². The Bertz CT molecular complexity index is 887. The van der Waals surface area contributed by atoms with Crippen LogP contribution in [0.3, 0.4) is 0 Å². The highest BCUT2D eigenvalue weighted by molar-refractivity contribution is 7.15. The average molecular weight is 416 g/mol. The van der Waals surface area contributed by atoms with Crippen LogP contribution in [0, 0.1) is 5.82 Å². The van der Waals surface area contributed by atoms with Crippen LogP contribution in [-0.2, 0) is 13.1 Å². The van der Waals surface area contributed by atoms with Gasteiger partial charge in [0.2, 0.25) is 0 Å². The highest BCUT2D eigenvalue weighted by Gasteiger charge is 2.19. The van der Waals surface area contributed by atoms with E-state index in [1.807, 2.05) is 0 Å². The van der Waals surface area contributed by atoms with Crippen LogP contribution in [0.2, 0.25) is 5.02 Å². The molecule has 0 amide bonds. The maximum atomic E-state index is 14.1. The van der Waals surface area contributed by atoms with Crippen LogP contribution in [0.1, 0.15) is 23.4 Å². The van der Waals surface area contributed by atoms with Gasteiger partial charge in [-0.25, -0.2) is 9.37 Å². The van der Waals surface area contributed by atoms with Gasteiger partial charge in [-0.2, -0.15) is 0 Å². The molecule has 6 heteroatoms. The van der Waals surface area contributed by atoms with Crippen LogP contribution in [0.5, 0.6) is 0 Å². The number of likely N-dealkylation sites (tertiary alicyclic amines) is 1. The molecule has 1 N–H and O–H groups in total. The van der Waals surface area contributed by atoms with Gasteiger partial charge in [0.05, 0.1) is 9.90 Å². The van der Waals surface area contributed by atoms with E-state index in [0.29, 0.717) is 23.2 Å². The van der Waals surface area contributed by atoms with Crippen molar-refractivity contribution in [2.45, 2.75) is 32.0 Å². The molecule has 0 aliphatic carbocycles. The molecule has 0 spiro atoms. The first-order valence-electron chi connectivity index (χ1n) is 9.58. The zero-order valence-corrected chi connectivity index (χ0v) is 17.1. The normalized spacial score (nSPS) is 15.8. The maximum Gasteiger partial charge on any atom is 0.133 e. The van der Waals surface area contributed by atoms with Crippen molar-refractivity contribution in [3.05, 3.63) is 76.1 Å². The SMILES string of the molecule is Fc1cccc(Cl)c1-c1cnc(CNC2CCN(Cc3ccccc3)CC2)s1. The molecule has 0 atom stereocenters. The summed E-state index contributed by atoms with van der Waals surface area (Å²) in [6, 6.07) is 15.9. The molecular weight excluding hydrogens is 393 g/mol. The van der Waals surface area contributed by atoms with E-state index in [0.717, 1.165) is 42.4 Å². The minimum atomic E-state index is -0.304. The number of nitrogens with zero attached hydrogens (tertiary/aromatic N) is 2. The smallest absolute Gasteiger partial charge is 0.133 e. The summed E-state index contributed by atoms with van der Waals surface area (Å²) in [5, 5.41) is 5.00. The van der Waals surface area contributed by atoms with Crippen molar-refractivity contribution in [3.8, 4) is 10.4 Å². The Labute approximate surface area is 174 Å². The van der Waals surface area contributed by atoms with E-state index in [1.54, 1.807) is 18.3 Å². The topological polar surface area (TPSA) is 28.2 Å². The van der Waals surface area contributed by atoms with Crippen LogP contribution < -0.4 is 5.32 Å². The molecule has 1 fully saturated rings. The molecule has 28 heavy (non-hydrogen) atoms. The number of hydrogen-bond acceptors (Lipinski definition) is 4. The lowest BCUT2D eigenvalue weighted by Crippen LogP contribution is -2.41. The first-order chi connectivity index (χ1) is 13.7. The molecule has 1 aromatic heterocycles. The van der Waals surface area contributed by atoms with Gasteiger partial charge in [-0.3, -0.25) is 4.90 Å². The standard InChI is InChI=1S/C22H23ClFN3S/c23-18-7-4-8-19(24)22(18)20-13-26-21(28-20)14-25-17-9-11-27(12-10-17)15-16-5-2-1-3-6-16/h1-8,13,17,25H,9-12,14-15H2. The molecule has 3 nitrogen and oxygen atoms in total. The zero-order chi connectivity index (χ0) is 19.3. The molecule has 4 rings (SSSR count). The highest BCUT2D eigenvalue weighted by Crippen LogP contribution is 2.34. The van der Waals surface area contributed by atoms with Crippen molar-refractivity contribution < 1.29 is 4.39 Å². The van der Waals surface area contributed by atoms with Crippen molar-refractivity contribution in [1.82, 2.24) is 15.2 Å². The fourth-order valence-electron chi connectivity index (χ4n) is 3.61. The average Bonchev–Trinajstić information content (AvgIpc) is 3.17. The molecule has 3 aromatic rings. The Morgan fingerprint density at radius 3 is 2.64 bits per heavy atom. The molecular formula is C22H23ClFN3S. The first-order valence-corrected chi connectivity index (χ1v) is 10.8. The Morgan fingerprint density at radius 1 is 1.11 bits per heavy atom. The predicted octanol–water partition coefficient (Wildman–Crippen LogP) is 5.36. The molecule has 2 aromatic carbocycles. The zero-order valence-electron chi connectivity index (χ0n) is 15.6. The summed E-state index contributed by atoms with van der Waals surface area (Å²) in [4.78, 5) is 7.73. The van der Waals surface area contributed by atoms with Gasteiger partial charge in [-0.15, -0.1) is 11.3 Å². The summed E-state index contributed by atoms with van der Waals surface area (Å²) in [6.07, 6.45) is 3.98. The number of piperidine rings is 1. The lowest BCUT2D eigenvalue weighted by Gasteiger charge is -2.32. The van der Waals surface area contributed by atoms with Crippen molar-refractivity contribution in [3.63, 3.8) is 0 Å². The molecule has 0 radical (unpaired) electrons. The van der Waals surface area contributed by atoms with Crippen LogP contribution in [0.15, 0.2) is 54.7 Å². The van der Waals surface area contributed by atoms with Gasteiger partial charge in [0.25, 0.3) is 0 Å². The van der Waals surface area contributed by atoms with Gasteiger partial charge >= 0.3 is 0 Å². The second-order valence-corrected chi connectivity index (χ2v) is 8.65. The van der Waals surface area contributed by atoms with Crippen molar-refractivity contribution in [2.24, 2.45) is 0 Å². The Balaban J connectivity index is 1.28. The minimum absolute atomic E-state index is 0.304. The summed E-state index contributed by atoms with van der Waals surface area (Å²) in [5.74, 6) is -0.304. The molecule has 0 bridgehead atoms. The van der Waals surface area contributed by atoms with Crippen LogP contribution >= 0.6 is 22.9 Å². The van der Waals surface area contributed by atoms with E-state index < -0.39 is 0 Å². The lowest BCUT2D eigenvalue weighted by atomic mass is 10.0. The highest BCUT2D eigenvalue weighted by atomic mass is 35.5. The van der Waals surface area contributed by atoms with E-state index in [9.17, 15) is 4.39 Å². The quantitative estimate of drug-likeness (QED) is 0.587. The summed E-state index contributed by atoms with van der Waals surface area (Å²) < 4.78 is 14.1. The number of hydrogen-bond donors (Lipinski definition) is 1. The van der Waals surface area contributed by atoms with Crippen LogP contribution in [0.4, 0.5) is 4.39 Å². The maximum absolute atomic E-state index is 14.1.